The Morgan fingerprint density at radius 1 is 1.26 bits per heavy atom. The van der Waals surface area contributed by atoms with Gasteiger partial charge >= 0.3 is 0 Å². The number of halogens is 1. The molecule has 4 nitrogen and oxygen atoms in total. The molecule has 1 aromatic carbocycles. The molecule has 1 amide bonds. The number of nitrogens with zero attached hydrogens (tertiary/aromatic N) is 3. The highest BCUT2D eigenvalue weighted by molar-refractivity contribution is 6.27. The highest BCUT2D eigenvalue weighted by atomic mass is 35.5. The maximum atomic E-state index is 11.6. The zero-order valence-electron chi connectivity index (χ0n) is 10.4. The highest BCUT2D eigenvalue weighted by Crippen LogP contribution is 2.21. The lowest BCUT2D eigenvalue weighted by Gasteiger charge is -2.26. The van der Waals surface area contributed by atoms with Crippen LogP contribution in [0.2, 0.25) is 0 Å². The van der Waals surface area contributed by atoms with Crippen molar-refractivity contribution < 1.29 is 4.79 Å². The van der Waals surface area contributed by atoms with E-state index in [2.05, 4.69) is 5.10 Å². The van der Waals surface area contributed by atoms with Gasteiger partial charge in [-0.3, -0.25) is 9.48 Å². The second-order valence-electron chi connectivity index (χ2n) is 4.56. The molecular weight excluding hydrogens is 262 g/mol. The van der Waals surface area contributed by atoms with Crippen LogP contribution in [0.5, 0.6) is 0 Å². The number of fused-ring (bicyclic) bond motifs is 1. The van der Waals surface area contributed by atoms with Crippen molar-refractivity contribution in [2.75, 3.05) is 12.4 Å². The third kappa shape index (κ3) is 2.36. The molecule has 1 aromatic heterocycles. The Hall–Kier alpha value is -1.81. The number of hydrogen-bond donors (Lipinski definition) is 0. The number of carbonyl (C=O) groups excluding carboxylic acids is 1. The fourth-order valence-corrected chi connectivity index (χ4v) is 2.48. The molecule has 98 valence electrons. The lowest BCUT2D eigenvalue weighted by molar-refractivity contribution is -0.129. The van der Waals surface area contributed by atoms with Crippen molar-refractivity contribution in [1.82, 2.24) is 14.7 Å². The van der Waals surface area contributed by atoms with E-state index < -0.39 is 0 Å². The minimum Gasteiger partial charge on any atom is -0.334 e. The van der Waals surface area contributed by atoms with Crippen molar-refractivity contribution in [3.63, 3.8) is 0 Å². The van der Waals surface area contributed by atoms with E-state index in [0.717, 1.165) is 23.5 Å². The van der Waals surface area contributed by atoms with Crippen LogP contribution in [0.15, 0.2) is 36.4 Å². The summed E-state index contributed by atoms with van der Waals surface area (Å²) in [6.07, 6.45) is 0. The average Bonchev–Trinajstić information content (AvgIpc) is 2.90. The molecule has 0 fully saturated rings. The van der Waals surface area contributed by atoms with Crippen molar-refractivity contribution in [2.45, 2.75) is 13.1 Å². The predicted octanol–water partition coefficient (Wildman–Crippen LogP) is 2.13. The zero-order chi connectivity index (χ0) is 13.2. The van der Waals surface area contributed by atoms with Crippen LogP contribution in [0.25, 0.3) is 11.3 Å². The molecule has 1 aliphatic heterocycles. The maximum absolute atomic E-state index is 11.6. The monoisotopic (exact) mass is 275 g/mol. The number of aromatic nitrogens is 2. The minimum absolute atomic E-state index is 0.0182. The Bertz CT molecular complexity index is 594. The lowest BCUT2D eigenvalue weighted by Crippen LogP contribution is -2.39. The molecule has 0 spiro atoms. The van der Waals surface area contributed by atoms with E-state index in [9.17, 15) is 4.79 Å². The highest BCUT2D eigenvalue weighted by Gasteiger charge is 2.21. The van der Waals surface area contributed by atoms with Crippen LogP contribution in [-0.4, -0.2) is 33.0 Å². The van der Waals surface area contributed by atoms with Crippen LogP contribution in [-0.2, 0) is 17.9 Å². The standard InChI is InChI=1S/C14H14ClN3O/c15-9-14(19)17-6-7-18-12(10-17)8-13(16-18)11-4-2-1-3-5-11/h1-5,8H,6-7,9-10H2. The largest absolute Gasteiger partial charge is 0.334 e. The minimum atomic E-state index is -0.0182. The van der Waals surface area contributed by atoms with Gasteiger partial charge in [0.2, 0.25) is 5.91 Å². The summed E-state index contributed by atoms with van der Waals surface area (Å²) < 4.78 is 1.97. The normalized spacial score (nSPS) is 14.3. The van der Waals surface area contributed by atoms with E-state index in [1.807, 2.05) is 41.1 Å². The second kappa shape index (κ2) is 5.05. The third-order valence-corrected chi connectivity index (χ3v) is 3.56. The number of alkyl halides is 1. The van der Waals surface area contributed by atoms with Gasteiger partial charge in [0, 0.05) is 12.1 Å². The van der Waals surface area contributed by atoms with Crippen molar-refractivity contribution in [2.24, 2.45) is 0 Å². The van der Waals surface area contributed by atoms with Crippen LogP contribution >= 0.6 is 11.6 Å². The summed E-state index contributed by atoms with van der Waals surface area (Å²) >= 11 is 5.60. The summed E-state index contributed by atoms with van der Waals surface area (Å²) in [7, 11) is 0. The van der Waals surface area contributed by atoms with Crippen molar-refractivity contribution in [3.05, 3.63) is 42.1 Å². The molecule has 0 unspecified atom stereocenters. The fourth-order valence-electron chi connectivity index (χ4n) is 2.31. The van der Waals surface area contributed by atoms with Gasteiger partial charge in [-0.15, -0.1) is 11.6 Å². The molecule has 3 rings (SSSR count). The first-order valence-electron chi connectivity index (χ1n) is 6.24. The number of amides is 1. The topological polar surface area (TPSA) is 38.1 Å². The summed E-state index contributed by atoms with van der Waals surface area (Å²) in [6, 6.07) is 12.1. The van der Waals surface area contributed by atoms with E-state index in [1.165, 1.54) is 0 Å². The number of rotatable bonds is 2. The van der Waals surface area contributed by atoms with E-state index in [0.29, 0.717) is 13.1 Å². The smallest absolute Gasteiger partial charge is 0.237 e. The Balaban J connectivity index is 1.87. The van der Waals surface area contributed by atoms with E-state index >= 15 is 0 Å². The summed E-state index contributed by atoms with van der Waals surface area (Å²) in [5.41, 5.74) is 3.11. The van der Waals surface area contributed by atoms with Gasteiger partial charge in [-0.1, -0.05) is 30.3 Å². The Morgan fingerprint density at radius 2 is 2.05 bits per heavy atom. The first-order chi connectivity index (χ1) is 9.28. The van der Waals surface area contributed by atoms with Crippen LogP contribution in [0.3, 0.4) is 0 Å². The number of hydrogen-bond acceptors (Lipinski definition) is 2. The van der Waals surface area contributed by atoms with E-state index in [1.54, 1.807) is 4.90 Å². The summed E-state index contributed by atoms with van der Waals surface area (Å²) in [4.78, 5) is 13.4. The third-order valence-electron chi connectivity index (χ3n) is 3.33. The van der Waals surface area contributed by atoms with Crippen molar-refractivity contribution in [1.29, 1.82) is 0 Å². The molecular formula is C14H14ClN3O. The van der Waals surface area contributed by atoms with E-state index in [-0.39, 0.29) is 11.8 Å². The van der Waals surface area contributed by atoms with Crippen molar-refractivity contribution >= 4 is 17.5 Å². The van der Waals surface area contributed by atoms with Gasteiger partial charge in [0.05, 0.1) is 24.5 Å². The molecule has 0 aliphatic carbocycles. The molecule has 5 heteroatoms. The van der Waals surface area contributed by atoms with Gasteiger partial charge in [0.15, 0.2) is 0 Å². The van der Waals surface area contributed by atoms with Crippen LogP contribution in [0.4, 0.5) is 0 Å². The molecule has 0 N–H and O–H groups in total. The Morgan fingerprint density at radius 3 is 2.79 bits per heavy atom. The van der Waals surface area contributed by atoms with Gasteiger partial charge < -0.3 is 4.90 Å². The maximum Gasteiger partial charge on any atom is 0.237 e. The Labute approximate surface area is 116 Å². The van der Waals surface area contributed by atoms with Gasteiger partial charge in [-0.2, -0.15) is 5.10 Å². The molecule has 2 heterocycles. The number of carbonyl (C=O) groups is 1. The molecule has 0 radical (unpaired) electrons. The first-order valence-corrected chi connectivity index (χ1v) is 6.77. The zero-order valence-corrected chi connectivity index (χ0v) is 11.2. The molecule has 19 heavy (non-hydrogen) atoms. The number of benzene rings is 1. The van der Waals surface area contributed by atoms with Gasteiger partial charge in [-0.25, -0.2) is 0 Å². The Kier molecular flexibility index (Phi) is 3.25. The van der Waals surface area contributed by atoms with Crippen LogP contribution < -0.4 is 0 Å². The van der Waals surface area contributed by atoms with Gasteiger partial charge in [-0.05, 0) is 6.07 Å². The van der Waals surface area contributed by atoms with Gasteiger partial charge in [0.1, 0.15) is 5.88 Å². The quantitative estimate of drug-likeness (QED) is 0.788. The molecule has 0 bridgehead atoms. The first kappa shape index (κ1) is 12.2. The van der Waals surface area contributed by atoms with Crippen LogP contribution in [0.1, 0.15) is 5.69 Å². The SMILES string of the molecule is O=C(CCl)N1CCn2nc(-c3ccccc3)cc2C1. The fraction of sp³-hybridized carbons (Fsp3) is 0.286. The van der Waals surface area contributed by atoms with Crippen molar-refractivity contribution in [3.8, 4) is 11.3 Å². The van der Waals surface area contributed by atoms with E-state index in [4.69, 9.17) is 11.6 Å². The predicted molar refractivity (Wildman–Crippen MR) is 73.8 cm³/mol. The average molecular weight is 276 g/mol. The molecule has 0 atom stereocenters. The van der Waals surface area contributed by atoms with Gasteiger partial charge in [0.25, 0.3) is 0 Å². The molecule has 0 saturated carbocycles. The van der Waals surface area contributed by atoms with Crippen LogP contribution in [0, 0.1) is 0 Å². The summed E-state index contributed by atoms with van der Waals surface area (Å²) in [6.45, 7) is 1.99. The second-order valence-corrected chi connectivity index (χ2v) is 4.83. The molecule has 1 aliphatic rings. The lowest BCUT2D eigenvalue weighted by atomic mass is 10.1. The summed E-state index contributed by atoms with van der Waals surface area (Å²) in [5, 5.41) is 4.59. The molecule has 0 saturated heterocycles. The summed E-state index contributed by atoms with van der Waals surface area (Å²) in [5.74, 6) is 0.0232. The molecule has 2 aromatic rings.